The van der Waals surface area contributed by atoms with Crippen LogP contribution in [0.1, 0.15) is 20.3 Å². The third-order valence-electron chi connectivity index (χ3n) is 2.69. The molecule has 0 aliphatic carbocycles. The van der Waals surface area contributed by atoms with E-state index in [1.54, 1.807) is 0 Å². The van der Waals surface area contributed by atoms with E-state index in [0.29, 0.717) is 18.4 Å². The van der Waals surface area contributed by atoms with Gasteiger partial charge in [0.2, 0.25) is 5.52 Å². The second-order valence-electron chi connectivity index (χ2n) is 4.61. The normalized spacial score (nSPS) is 11.2. The van der Waals surface area contributed by atoms with Crippen molar-refractivity contribution in [3.63, 3.8) is 0 Å². The number of nitro benzene ring substituents is 1. The molecule has 8 nitrogen and oxygen atoms in total. The van der Waals surface area contributed by atoms with Crippen LogP contribution in [-0.2, 0) is 0 Å². The molecule has 0 aliphatic heterocycles. The molecule has 0 spiro atoms. The fraction of sp³-hybridized carbons (Fsp3) is 0.500. The topological polar surface area (TPSA) is 103 Å². The Kier molecular flexibility index (Phi) is 4.46. The van der Waals surface area contributed by atoms with Crippen LogP contribution >= 0.6 is 0 Å². The second-order valence-corrected chi connectivity index (χ2v) is 4.61. The van der Waals surface area contributed by atoms with Gasteiger partial charge in [-0.25, -0.2) is 4.63 Å². The minimum atomic E-state index is -0.525. The van der Waals surface area contributed by atoms with Gasteiger partial charge in [-0.3, -0.25) is 10.1 Å². The fourth-order valence-corrected chi connectivity index (χ4v) is 1.74. The van der Waals surface area contributed by atoms with Crippen LogP contribution in [0, 0.1) is 10.1 Å². The summed E-state index contributed by atoms with van der Waals surface area (Å²) < 4.78 is 10.1. The number of hydrogen-bond acceptors (Lipinski definition) is 7. The smallest absolute Gasteiger partial charge is 0.301 e. The highest BCUT2D eigenvalue weighted by Gasteiger charge is 2.20. The van der Waals surface area contributed by atoms with Crippen LogP contribution in [0.3, 0.4) is 0 Å². The average Bonchev–Trinajstić information content (AvgIpc) is 2.86. The number of benzene rings is 1. The number of rotatable bonds is 7. The number of aromatic nitrogens is 2. The summed E-state index contributed by atoms with van der Waals surface area (Å²) in [6.45, 7) is 5.47. The third kappa shape index (κ3) is 3.21. The first kappa shape index (κ1) is 14.2. The maximum atomic E-state index is 10.8. The van der Waals surface area contributed by atoms with Crippen LogP contribution < -0.4 is 10.1 Å². The number of hydrogen-bond donors (Lipinski definition) is 1. The summed E-state index contributed by atoms with van der Waals surface area (Å²) in [5.74, 6) is 0.441. The van der Waals surface area contributed by atoms with Gasteiger partial charge in [0.15, 0.2) is 11.3 Å². The van der Waals surface area contributed by atoms with Crippen molar-refractivity contribution < 1.29 is 14.3 Å². The Balaban J connectivity index is 2.02. The molecule has 20 heavy (non-hydrogen) atoms. The molecule has 0 aliphatic rings. The Morgan fingerprint density at radius 1 is 1.40 bits per heavy atom. The van der Waals surface area contributed by atoms with E-state index in [9.17, 15) is 10.1 Å². The van der Waals surface area contributed by atoms with E-state index in [1.165, 1.54) is 12.1 Å². The van der Waals surface area contributed by atoms with Crippen molar-refractivity contribution in [1.29, 1.82) is 0 Å². The zero-order valence-electron chi connectivity index (χ0n) is 11.3. The molecule has 2 rings (SSSR count). The Morgan fingerprint density at radius 2 is 2.15 bits per heavy atom. The van der Waals surface area contributed by atoms with Gasteiger partial charge in [-0.2, -0.15) is 0 Å². The molecular formula is C12H16N4O4. The van der Waals surface area contributed by atoms with Gasteiger partial charge in [0.05, 0.1) is 11.5 Å². The monoisotopic (exact) mass is 280 g/mol. The Bertz CT molecular complexity index is 596. The molecular weight excluding hydrogens is 264 g/mol. The van der Waals surface area contributed by atoms with E-state index in [4.69, 9.17) is 4.74 Å². The summed E-state index contributed by atoms with van der Waals surface area (Å²) in [5.41, 5.74) is 0.235. The van der Waals surface area contributed by atoms with Crippen molar-refractivity contribution in [2.75, 3.05) is 13.2 Å². The summed E-state index contributed by atoms with van der Waals surface area (Å²) in [5, 5.41) is 21.3. The third-order valence-corrected chi connectivity index (χ3v) is 2.69. The van der Waals surface area contributed by atoms with Crippen LogP contribution in [0.15, 0.2) is 16.8 Å². The molecule has 8 heteroatoms. The van der Waals surface area contributed by atoms with Gasteiger partial charge in [-0.05, 0) is 29.3 Å². The molecule has 0 fully saturated rings. The summed E-state index contributed by atoms with van der Waals surface area (Å²) in [6.07, 6.45) is 0.821. The second kappa shape index (κ2) is 6.29. The predicted octanol–water partition coefficient (Wildman–Crippen LogP) is 1.90. The molecule has 0 bridgehead atoms. The van der Waals surface area contributed by atoms with Crippen LogP contribution in [0.25, 0.3) is 11.0 Å². The highest BCUT2D eigenvalue weighted by Crippen LogP contribution is 2.30. The Hall–Kier alpha value is -2.22. The number of nitrogens with zero attached hydrogens (tertiary/aromatic N) is 3. The maximum absolute atomic E-state index is 10.8. The first-order valence-electron chi connectivity index (χ1n) is 6.35. The molecule has 1 heterocycles. The molecule has 1 N–H and O–H groups in total. The minimum absolute atomic E-state index is 0.104. The summed E-state index contributed by atoms with van der Waals surface area (Å²) in [4.78, 5) is 10.3. The van der Waals surface area contributed by atoms with Crippen molar-refractivity contribution in [3.05, 3.63) is 22.2 Å². The maximum Gasteiger partial charge on any atom is 0.301 e. The molecule has 0 amide bonds. The first-order chi connectivity index (χ1) is 9.59. The molecule has 0 unspecified atom stereocenters. The first-order valence-corrected chi connectivity index (χ1v) is 6.35. The molecule has 0 saturated carbocycles. The van der Waals surface area contributed by atoms with Gasteiger partial charge in [0.25, 0.3) is 0 Å². The molecule has 108 valence electrons. The molecule has 0 saturated heterocycles. The SMILES string of the molecule is CC(C)NCCCOc1ccc([N+](=O)[O-])c2nonc12. The molecule has 2 aromatic rings. The summed E-state index contributed by atoms with van der Waals surface area (Å²) in [7, 11) is 0. The number of non-ortho nitro benzene ring substituents is 1. The highest BCUT2D eigenvalue weighted by molar-refractivity contribution is 5.88. The standard InChI is InChI=1S/C12H16N4O4/c1-8(2)13-6-3-7-19-10-5-4-9(16(17)18)11-12(10)15-20-14-11/h4-5,8,13H,3,6-7H2,1-2H3. The molecule has 0 atom stereocenters. The average molecular weight is 280 g/mol. The molecule has 0 radical (unpaired) electrons. The van der Waals surface area contributed by atoms with Crippen LogP contribution in [0.4, 0.5) is 5.69 Å². The highest BCUT2D eigenvalue weighted by atomic mass is 16.6. The van der Waals surface area contributed by atoms with Gasteiger partial charge >= 0.3 is 5.69 Å². The zero-order valence-corrected chi connectivity index (χ0v) is 11.3. The summed E-state index contributed by atoms with van der Waals surface area (Å²) >= 11 is 0. The van der Waals surface area contributed by atoms with Crippen molar-refractivity contribution in [2.45, 2.75) is 26.3 Å². The van der Waals surface area contributed by atoms with Crippen LogP contribution in [0.2, 0.25) is 0 Å². The number of nitrogens with one attached hydrogen (secondary N) is 1. The van der Waals surface area contributed by atoms with E-state index in [0.717, 1.165) is 13.0 Å². The molecule has 1 aromatic heterocycles. The molecule has 1 aromatic carbocycles. The van der Waals surface area contributed by atoms with E-state index in [2.05, 4.69) is 34.1 Å². The number of nitro groups is 1. The van der Waals surface area contributed by atoms with E-state index in [-0.39, 0.29) is 16.7 Å². The number of ether oxygens (including phenoxy) is 1. The van der Waals surface area contributed by atoms with Gasteiger partial charge in [0.1, 0.15) is 0 Å². The van der Waals surface area contributed by atoms with Crippen LogP contribution in [0.5, 0.6) is 5.75 Å². The lowest BCUT2D eigenvalue weighted by molar-refractivity contribution is -0.383. The lowest BCUT2D eigenvalue weighted by Gasteiger charge is -2.09. The van der Waals surface area contributed by atoms with E-state index < -0.39 is 4.92 Å². The van der Waals surface area contributed by atoms with Crippen molar-refractivity contribution in [3.8, 4) is 5.75 Å². The van der Waals surface area contributed by atoms with Gasteiger partial charge < -0.3 is 10.1 Å². The van der Waals surface area contributed by atoms with Crippen molar-refractivity contribution >= 4 is 16.7 Å². The largest absolute Gasteiger partial charge is 0.491 e. The number of fused-ring (bicyclic) bond motifs is 1. The van der Waals surface area contributed by atoms with E-state index >= 15 is 0 Å². The van der Waals surface area contributed by atoms with Gasteiger partial charge in [-0.1, -0.05) is 13.8 Å². The zero-order chi connectivity index (χ0) is 14.5. The van der Waals surface area contributed by atoms with E-state index in [1.807, 2.05) is 0 Å². The van der Waals surface area contributed by atoms with Gasteiger partial charge in [0, 0.05) is 12.1 Å². The lowest BCUT2D eigenvalue weighted by Crippen LogP contribution is -2.24. The van der Waals surface area contributed by atoms with Crippen molar-refractivity contribution in [1.82, 2.24) is 15.6 Å². The quantitative estimate of drug-likeness (QED) is 0.469. The Labute approximate surface area is 115 Å². The minimum Gasteiger partial charge on any atom is -0.491 e. The van der Waals surface area contributed by atoms with Crippen molar-refractivity contribution in [2.24, 2.45) is 0 Å². The van der Waals surface area contributed by atoms with Crippen LogP contribution in [-0.4, -0.2) is 34.4 Å². The Morgan fingerprint density at radius 3 is 2.85 bits per heavy atom. The predicted molar refractivity (Wildman–Crippen MR) is 71.7 cm³/mol. The fourth-order valence-electron chi connectivity index (χ4n) is 1.74. The summed E-state index contributed by atoms with van der Waals surface area (Å²) in [6, 6.07) is 3.29. The lowest BCUT2D eigenvalue weighted by atomic mass is 10.2. The van der Waals surface area contributed by atoms with Gasteiger partial charge in [-0.15, -0.1) is 0 Å².